The number of nitrogens with zero attached hydrogens (tertiary/aromatic N) is 1. The van der Waals surface area contributed by atoms with Gasteiger partial charge < -0.3 is 24.2 Å². The van der Waals surface area contributed by atoms with E-state index in [2.05, 4.69) is 15.3 Å². The molecule has 0 spiro atoms. The molecule has 0 aliphatic heterocycles. The van der Waals surface area contributed by atoms with E-state index >= 15 is 0 Å². The highest BCUT2D eigenvalue weighted by atomic mass is 16.5. The van der Waals surface area contributed by atoms with E-state index in [4.69, 9.17) is 13.9 Å². The Morgan fingerprint density at radius 1 is 1.31 bits per heavy atom. The Labute approximate surface area is 151 Å². The molecule has 7 nitrogen and oxygen atoms in total. The maximum atomic E-state index is 12.5. The van der Waals surface area contributed by atoms with Gasteiger partial charge >= 0.3 is 0 Å². The molecule has 3 rings (SSSR count). The number of benzene rings is 1. The number of aryl methyl sites for hydroxylation is 1. The first kappa shape index (κ1) is 18.0. The number of fused-ring (bicyclic) bond motifs is 1. The Balaban J connectivity index is 2.01. The zero-order valence-electron chi connectivity index (χ0n) is 15.4. The Kier molecular flexibility index (Phi) is 5.27. The lowest BCUT2D eigenvalue weighted by Gasteiger charge is -2.11. The maximum absolute atomic E-state index is 12.5. The average Bonchev–Trinajstić information content (AvgIpc) is 3.05. The van der Waals surface area contributed by atoms with Crippen LogP contribution in [0.4, 0.5) is 6.01 Å². The number of aromatic amines is 1. The van der Waals surface area contributed by atoms with Gasteiger partial charge in [0, 0.05) is 30.2 Å². The summed E-state index contributed by atoms with van der Waals surface area (Å²) < 4.78 is 16.2. The van der Waals surface area contributed by atoms with E-state index in [1.807, 2.05) is 26.8 Å². The zero-order chi connectivity index (χ0) is 18.7. The third-order valence-electron chi connectivity index (χ3n) is 3.95. The van der Waals surface area contributed by atoms with Gasteiger partial charge in [-0.2, -0.15) is 4.98 Å². The van der Waals surface area contributed by atoms with Crippen molar-refractivity contribution in [3.8, 4) is 17.1 Å². The van der Waals surface area contributed by atoms with Crippen LogP contribution in [0.25, 0.3) is 22.3 Å². The molecular formula is C19H23N3O4. The summed E-state index contributed by atoms with van der Waals surface area (Å²) in [5.41, 5.74) is 2.67. The van der Waals surface area contributed by atoms with Crippen LogP contribution in [0.3, 0.4) is 0 Å². The van der Waals surface area contributed by atoms with Gasteiger partial charge in [0.2, 0.25) is 0 Å². The predicted molar refractivity (Wildman–Crippen MR) is 101 cm³/mol. The number of hydrogen-bond donors (Lipinski definition) is 2. The van der Waals surface area contributed by atoms with E-state index in [0.717, 1.165) is 11.1 Å². The van der Waals surface area contributed by atoms with Gasteiger partial charge in [-0.15, -0.1) is 0 Å². The van der Waals surface area contributed by atoms with Crippen LogP contribution in [0, 0.1) is 6.92 Å². The highest BCUT2D eigenvalue weighted by Gasteiger charge is 2.13. The predicted octanol–water partition coefficient (Wildman–Crippen LogP) is 3.34. The normalized spacial score (nSPS) is 11.3. The van der Waals surface area contributed by atoms with Crippen LogP contribution in [0.2, 0.25) is 0 Å². The molecule has 0 radical (unpaired) electrons. The molecule has 7 heteroatoms. The molecule has 0 atom stereocenters. The molecule has 138 valence electrons. The minimum absolute atomic E-state index is 0.0818. The lowest BCUT2D eigenvalue weighted by molar-refractivity contribution is 0.146. The first-order valence-corrected chi connectivity index (χ1v) is 8.50. The van der Waals surface area contributed by atoms with Crippen LogP contribution in [-0.2, 0) is 4.74 Å². The van der Waals surface area contributed by atoms with Gasteiger partial charge in [0.05, 0.1) is 17.8 Å². The molecule has 0 saturated carbocycles. The number of ether oxygens (including phenoxy) is 2. The monoisotopic (exact) mass is 357 g/mol. The fraction of sp³-hybridized carbons (Fsp3) is 0.368. The van der Waals surface area contributed by atoms with Crippen LogP contribution in [-0.4, -0.2) is 36.3 Å². The van der Waals surface area contributed by atoms with E-state index < -0.39 is 0 Å². The fourth-order valence-corrected chi connectivity index (χ4v) is 2.68. The molecule has 2 N–H and O–H groups in total. The highest BCUT2D eigenvalue weighted by molar-refractivity contribution is 5.85. The first-order chi connectivity index (χ1) is 12.5. The van der Waals surface area contributed by atoms with Crippen molar-refractivity contribution in [2.45, 2.75) is 26.8 Å². The Morgan fingerprint density at radius 3 is 2.85 bits per heavy atom. The second-order valence-corrected chi connectivity index (χ2v) is 6.34. The molecule has 3 aromatic rings. The topological polar surface area (TPSA) is 89.4 Å². The third kappa shape index (κ3) is 3.72. The van der Waals surface area contributed by atoms with Crippen LogP contribution >= 0.6 is 0 Å². The van der Waals surface area contributed by atoms with Crippen molar-refractivity contribution in [3.05, 3.63) is 40.2 Å². The summed E-state index contributed by atoms with van der Waals surface area (Å²) in [7, 11) is 1.63. The van der Waals surface area contributed by atoms with Crippen molar-refractivity contribution >= 4 is 16.9 Å². The zero-order valence-corrected chi connectivity index (χ0v) is 15.4. The molecule has 26 heavy (non-hydrogen) atoms. The second kappa shape index (κ2) is 7.61. The number of methoxy groups -OCH3 is 1. The van der Waals surface area contributed by atoms with Crippen molar-refractivity contribution < 1.29 is 13.9 Å². The van der Waals surface area contributed by atoms with Crippen molar-refractivity contribution in [3.63, 3.8) is 0 Å². The van der Waals surface area contributed by atoms with Gasteiger partial charge in [-0.3, -0.25) is 4.79 Å². The number of rotatable bonds is 7. The smallest absolute Gasteiger partial charge is 0.295 e. The van der Waals surface area contributed by atoms with E-state index in [-0.39, 0.29) is 11.5 Å². The number of hydrogen-bond acceptors (Lipinski definition) is 6. The molecule has 0 fully saturated rings. The summed E-state index contributed by atoms with van der Waals surface area (Å²) in [5.74, 6) is 0.713. The second-order valence-electron chi connectivity index (χ2n) is 6.34. The maximum Gasteiger partial charge on any atom is 0.295 e. The lowest BCUT2D eigenvalue weighted by atomic mass is 10.1. The van der Waals surface area contributed by atoms with Gasteiger partial charge in [0.25, 0.3) is 6.01 Å². The van der Waals surface area contributed by atoms with Crippen molar-refractivity contribution in [2.75, 3.05) is 25.6 Å². The molecule has 0 saturated heterocycles. The van der Waals surface area contributed by atoms with Crippen LogP contribution in [0.15, 0.2) is 33.7 Å². The number of aromatic nitrogens is 2. The quantitative estimate of drug-likeness (QED) is 0.631. The number of H-pyrrole nitrogens is 1. The van der Waals surface area contributed by atoms with E-state index in [1.165, 1.54) is 12.3 Å². The molecule has 0 bridgehead atoms. The molecule has 0 unspecified atom stereocenters. The molecule has 0 aliphatic rings. The molecule has 1 aromatic carbocycles. The molecule has 2 aromatic heterocycles. The summed E-state index contributed by atoms with van der Waals surface area (Å²) in [6.07, 6.45) is 1.52. The Morgan fingerprint density at radius 2 is 2.12 bits per heavy atom. The SMILES string of the molecule is COCCOc1ccc2c(=O)cc(-c3coc(NC(C)C)n3)[nH]c2c1C. The summed E-state index contributed by atoms with van der Waals surface area (Å²) >= 11 is 0. The van der Waals surface area contributed by atoms with Crippen LogP contribution in [0.1, 0.15) is 19.4 Å². The minimum Gasteiger partial charge on any atom is -0.491 e. The first-order valence-electron chi connectivity index (χ1n) is 8.50. The number of oxazole rings is 1. The molecular weight excluding hydrogens is 334 g/mol. The minimum atomic E-state index is -0.0818. The van der Waals surface area contributed by atoms with Gasteiger partial charge in [0.1, 0.15) is 24.3 Å². The molecule has 0 amide bonds. The van der Waals surface area contributed by atoms with Crippen LogP contribution < -0.4 is 15.5 Å². The largest absolute Gasteiger partial charge is 0.491 e. The lowest BCUT2D eigenvalue weighted by Crippen LogP contribution is -2.10. The summed E-state index contributed by atoms with van der Waals surface area (Å²) in [5, 5.41) is 3.70. The van der Waals surface area contributed by atoms with E-state index in [9.17, 15) is 4.79 Å². The summed E-state index contributed by atoms with van der Waals surface area (Å²) in [6.45, 7) is 6.85. The van der Waals surface area contributed by atoms with Crippen molar-refractivity contribution in [2.24, 2.45) is 0 Å². The summed E-state index contributed by atoms with van der Waals surface area (Å²) in [4.78, 5) is 20.2. The molecule has 0 aliphatic carbocycles. The number of pyridine rings is 1. The van der Waals surface area contributed by atoms with Crippen molar-refractivity contribution in [1.29, 1.82) is 0 Å². The van der Waals surface area contributed by atoms with Gasteiger partial charge in [-0.25, -0.2) is 0 Å². The number of nitrogens with one attached hydrogen (secondary N) is 2. The van der Waals surface area contributed by atoms with E-state index in [1.54, 1.807) is 13.2 Å². The average molecular weight is 357 g/mol. The van der Waals surface area contributed by atoms with Gasteiger partial charge in [-0.05, 0) is 32.9 Å². The number of anilines is 1. The summed E-state index contributed by atoms with van der Waals surface area (Å²) in [6, 6.07) is 5.73. The van der Waals surface area contributed by atoms with Crippen molar-refractivity contribution in [1.82, 2.24) is 9.97 Å². The Hall–Kier alpha value is -2.80. The highest BCUT2D eigenvalue weighted by Crippen LogP contribution is 2.27. The fourth-order valence-electron chi connectivity index (χ4n) is 2.68. The van der Waals surface area contributed by atoms with Gasteiger partial charge in [-0.1, -0.05) is 0 Å². The Bertz CT molecular complexity index is 959. The van der Waals surface area contributed by atoms with E-state index in [0.29, 0.717) is 41.8 Å². The third-order valence-corrected chi connectivity index (χ3v) is 3.95. The van der Waals surface area contributed by atoms with Gasteiger partial charge in [0.15, 0.2) is 5.43 Å². The standard InChI is InChI=1S/C19H23N3O4/c1-11(2)20-19-22-15(10-26-19)14-9-16(23)13-5-6-17(25-8-7-24-4)12(3)18(13)21-14/h5-6,9-11H,7-8H2,1-4H3,(H,20,22)(H,21,23). The van der Waals surface area contributed by atoms with Crippen LogP contribution in [0.5, 0.6) is 5.75 Å². The molecule has 2 heterocycles.